The van der Waals surface area contributed by atoms with E-state index in [1.54, 1.807) is 0 Å². The largest absolute Gasteiger partial charge is 0.484 e. The molecule has 8 nitrogen and oxygen atoms in total. The standard InChI is InChI=1S/C6H9N2O6PS/c7-4-1-5(8)3-6(2-4)16(12,13)14-15(9,10)11/h1-3H,7-8H2,(H2,9,10,11). The lowest BCUT2D eigenvalue weighted by molar-refractivity contribution is 0.285. The molecule has 0 heterocycles. The van der Waals surface area contributed by atoms with Crippen LogP contribution in [0.1, 0.15) is 0 Å². The smallest absolute Gasteiger partial charge is 0.399 e. The predicted molar refractivity (Wildman–Crippen MR) is 55.6 cm³/mol. The van der Waals surface area contributed by atoms with Gasteiger partial charge in [-0.3, -0.25) is 0 Å². The van der Waals surface area contributed by atoms with Crippen molar-refractivity contribution < 1.29 is 26.7 Å². The van der Waals surface area contributed by atoms with Gasteiger partial charge in [0.05, 0.1) is 4.90 Å². The molecular formula is C6H9N2O6PS. The highest BCUT2D eigenvalue weighted by Crippen LogP contribution is 2.40. The van der Waals surface area contributed by atoms with E-state index in [1.807, 2.05) is 0 Å². The van der Waals surface area contributed by atoms with Crippen LogP contribution in [0.4, 0.5) is 11.4 Å². The molecule has 0 spiro atoms. The molecule has 1 aromatic rings. The lowest BCUT2D eigenvalue weighted by atomic mass is 10.3. The van der Waals surface area contributed by atoms with Crippen LogP contribution in [-0.4, -0.2) is 18.2 Å². The van der Waals surface area contributed by atoms with Crippen molar-refractivity contribution in [1.82, 2.24) is 0 Å². The van der Waals surface area contributed by atoms with Gasteiger partial charge in [0, 0.05) is 11.4 Å². The fourth-order valence-corrected chi connectivity index (χ4v) is 2.89. The minimum absolute atomic E-state index is 0.0351. The summed E-state index contributed by atoms with van der Waals surface area (Å²) in [7, 11) is -9.74. The number of rotatable bonds is 3. The first-order chi connectivity index (χ1) is 7.10. The fraction of sp³-hybridized carbons (Fsp3) is 0. The van der Waals surface area contributed by atoms with Gasteiger partial charge in [0.2, 0.25) is 0 Å². The van der Waals surface area contributed by atoms with E-state index in [0.29, 0.717) is 0 Å². The van der Waals surface area contributed by atoms with Gasteiger partial charge in [-0.05, 0) is 18.2 Å². The Balaban J connectivity index is 3.23. The van der Waals surface area contributed by atoms with Crippen molar-refractivity contribution in [2.45, 2.75) is 4.90 Å². The van der Waals surface area contributed by atoms with Crippen molar-refractivity contribution >= 4 is 29.3 Å². The zero-order valence-electron chi connectivity index (χ0n) is 7.77. The minimum atomic E-state index is -5.15. The molecule has 0 aliphatic rings. The second-order valence-corrected chi connectivity index (χ2v) is 5.81. The summed E-state index contributed by atoms with van der Waals surface area (Å²) in [5, 5.41) is 0. The number of hydrogen-bond donors (Lipinski definition) is 4. The number of anilines is 2. The first-order valence-electron chi connectivity index (χ1n) is 3.78. The maximum absolute atomic E-state index is 11.3. The van der Waals surface area contributed by atoms with E-state index in [2.05, 4.69) is 3.97 Å². The Bertz CT molecular complexity index is 530. The molecular weight excluding hydrogens is 259 g/mol. The maximum Gasteiger partial charge on any atom is 0.484 e. The van der Waals surface area contributed by atoms with Gasteiger partial charge in [-0.2, -0.15) is 12.4 Å². The summed E-state index contributed by atoms with van der Waals surface area (Å²) in [5.41, 5.74) is 10.7. The van der Waals surface area contributed by atoms with Crippen molar-refractivity contribution in [3.05, 3.63) is 18.2 Å². The Morgan fingerprint density at radius 1 is 1.12 bits per heavy atom. The summed E-state index contributed by atoms with van der Waals surface area (Å²) in [6, 6.07) is 3.24. The average molecular weight is 268 g/mol. The third-order valence-corrected chi connectivity index (χ3v) is 3.81. The lowest BCUT2D eigenvalue weighted by Gasteiger charge is -2.07. The van der Waals surface area contributed by atoms with Crippen LogP contribution < -0.4 is 11.5 Å². The molecule has 0 atom stereocenters. The molecule has 0 saturated heterocycles. The molecule has 0 bridgehead atoms. The summed E-state index contributed by atoms with van der Waals surface area (Å²) in [6.07, 6.45) is 0. The number of benzene rings is 1. The van der Waals surface area contributed by atoms with E-state index in [4.69, 9.17) is 21.3 Å². The van der Waals surface area contributed by atoms with Gasteiger partial charge in [-0.15, -0.1) is 0 Å². The number of hydrogen-bond acceptors (Lipinski definition) is 6. The van der Waals surface area contributed by atoms with Crippen molar-refractivity contribution in [3.8, 4) is 0 Å². The Morgan fingerprint density at radius 2 is 1.56 bits per heavy atom. The third kappa shape index (κ3) is 3.47. The van der Waals surface area contributed by atoms with Crippen molar-refractivity contribution in [2.24, 2.45) is 0 Å². The van der Waals surface area contributed by atoms with Gasteiger partial charge in [-0.25, -0.2) is 4.57 Å². The van der Waals surface area contributed by atoms with Gasteiger partial charge < -0.3 is 21.3 Å². The van der Waals surface area contributed by atoms with E-state index >= 15 is 0 Å². The van der Waals surface area contributed by atoms with Crippen molar-refractivity contribution in [3.63, 3.8) is 0 Å². The molecule has 10 heteroatoms. The summed E-state index contributed by atoms with van der Waals surface area (Å²) in [4.78, 5) is 16.3. The average Bonchev–Trinajstić information content (AvgIpc) is 1.96. The zero-order chi connectivity index (χ0) is 12.6. The van der Waals surface area contributed by atoms with Crippen LogP contribution in [0.3, 0.4) is 0 Å². The number of nitrogen functional groups attached to an aromatic ring is 2. The Morgan fingerprint density at radius 3 is 1.94 bits per heavy atom. The second kappa shape index (κ2) is 4.04. The molecule has 90 valence electrons. The van der Waals surface area contributed by atoms with Gasteiger partial charge in [0.25, 0.3) is 0 Å². The van der Waals surface area contributed by atoms with Crippen molar-refractivity contribution in [1.29, 1.82) is 0 Å². The first-order valence-corrected chi connectivity index (χ1v) is 6.72. The highest BCUT2D eigenvalue weighted by molar-refractivity contribution is 7.90. The molecule has 16 heavy (non-hydrogen) atoms. The van der Waals surface area contributed by atoms with Gasteiger partial charge >= 0.3 is 17.9 Å². The van der Waals surface area contributed by atoms with Crippen LogP contribution in [0.2, 0.25) is 0 Å². The normalized spacial score (nSPS) is 12.6. The topological polar surface area (TPSA) is 153 Å². The van der Waals surface area contributed by atoms with Crippen LogP contribution in [0.15, 0.2) is 23.1 Å². The molecule has 6 N–H and O–H groups in total. The molecule has 0 amide bonds. The SMILES string of the molecule is Nc1cc(N)cc(S(=O)(=O)OP(=O)(O)O)c1. The predicted octanol–water partition coefficient (Wildman–Crippen LogP) is -0.351. The molecule has 0 saturated carbocycles. The summed E-state index contributed by atoms with van der Waals surface area (Å²) < 4.78 is 36.7. The second-order valence-electron chi connectivity index (χ2n) is 2.85. The van der Waals surface area contributed by atoms with E-state index in [9.17, 15) is 13.0 Å². The Kier molecular flexibility index (Phi) is 3.27. The molecule has 0 radical (unpaired) electrons. The van der Waals surface area contributed by atoms with Crippen LogP contribution in [-0.2, 0) is 18.7 Å². The van der Waals surface area contributed by atoms with Crippen LogP contribution >= 0.6 is 7.82 Å². The van der Waals surface area contributed by atoms with Crippen LogP contribution in [0, 0.1) is 0 Å². The van der Waals surface area contributed by atoms with Gasteiger partial charge in [0.15, 0.2) is 0 Å². The number of nitrogens with two attached hydrogens (primary N) is 2. The molecule has 0 unspecified atom stereocenters. The lowest BCUT2D eigenvalue weighted by Crippen LogP contribution is -2.06. The first kappa shape index (κ1) is 12.9. The Labute approximate surface area is 91.2 Å². The zero-order valence-corrected chi connectivity index (χ0v) is 9.48. The Hall–Kier alpha value is -1.12. The van der Waals surface area contributed by atoms with E-state index < -0.39 is 22.8 Å². The van der Waals surface area contributed by atoms with Crippen LogP contribution in [0.25, 0.3) is 0 Å². The van der Waals surface area contributed by atoms with E-state index in [1.165, 1.54) is 6.07 Å². The van der Waals surface area contributed by atoms with Gasteiger partial charge in [0.1, 0.15) is 0 Å². The summed E-state index contributed by atoms with van der Waals surface area (Å²) in [5.74, 6) is 0. The third-order valence-electron chi connectivity index (χ3n) is 1.44. The van der Waals surface area contributed by atoms with E-state index in [0.717, 1.165) is 12.1 Å². The van der Waals surface area contributed by atoms with Gasteiger partial charge in [-0.1, -0.05) is 0 Å². The molecule has 0 aliphatic heterocycles. The molecule has 1 aromatic carbocycles. The summed E-state index contributed by atoms with van der Waals surface area (Å²) in [6.45, 7) is 0. The minimum Gasteiger partial charge on any atom is -0.399 e. The van der Waals surface area contributed by atoms with Crippen molar-refractivity contribution in [2.75, 3.05) is 11.5 Å². The number of phosphoric acid groups is 1. The quantitative estimate of drug-likeness (QED) is 0.428. The monoisotopic (exact) mass is 268 g/mol. The molecule has 0 aromatic heterocycles. The van der Waals surface area contributed by atoms with Crippen LogP contribution in [0.5, 0.6) is 0 Å². The highest BCUT2D eigenvalue weighted by atomic mass is 32.2. The maximum atomic E-state index is 11.3. The molecule has 0 aliphatic carbocycles. The molecule has 1 rings (SSSR count). The fourth-order valence-electron chi connectivity index (χ4n) is 0.961. The molecule has 0 fully saturated rings. The summed E-state index contributed by atoms with van der Waals surface area (Å²) >= 11 is 0. The highest BCUT2D eigenvalue weighted by Gasteiger charge is 2.27. The van der Waals surface area contributed by atoms with E-state index in [-0.39, 0.29) is 11.4 Å².